The molecule has 0 saturated carbocycles. The molecule has 132 valence electrons. The smallest absolute Gasteiger partial charge is 0.0542 e. The largest absolute Gasteiger partial charge is 0.295 e. The van der Waals surface area contributed by atoms with E-state index in [1.165, 1.54) is 16.3 Å². The Kier molecular flexibility index (Phi) is 5.19. The molecule has 0 spiro atoms. The molecular weight excluding hydrogens is 342 g/mol. The van der Waals surface area contributed by atoms with Crippen molar-refractivity contribution in [1.82, 2.24) is 9.91 Å². The lowest BCUT2D eigenvalue weighted by Gasteiger charge is -2.33. The summed E-state index contributed by atoms with van der Waals surface area (Å²) in [6.45, 7) is 4.96. The van der Waals surface area contributed by atoms with Crippen LogP contribution in [0.25, 0.3) is 10.8 Å². The van der Waals surface area contributed by atoms with Gasteiger partial charge in [0.05, 0.1) is 6.21 Å². The lowest BCUT2D eigenvalue weighted by Crippen LogP contribution is -2.43. The van der Waals surface area contributed by atoms with Crippen molar-refractivity contribution in [2.75, 3.05) is 26.2 Å². The zero-order valence-electron chi connectivity index (χ0n) is 14.7. The van der Waals surface area contributed by atoms with Gasteiger partial charge in [0.1, 0.15) is 0 Å². The first kappa shape index (κ1) is 17.1. The molecule has 0 aromatic heterocycles. The highest BCUT2D eigenvalue weighted by atomic mass is 35.5. The molecule has 0 N–H and O–H groups in total. The van der Waals surface area contributed by atoms with E-state index >= 15 is 0 Å². The number of hydrogen-bond donors (Lipinski definition) is 0. The van der Waals surface area contributed by atoms with E-state index in [0.29, 0.717) is 0 Å². The molecule has 0 bridgehead atoms. The SMILES string of the molecule is Clc1ccc(C=NN2CCN(Cc3cccc4ccccc34)CC2)cc1. The van der Waals surface area contributed by atoms with Gasteiger partial charge in [0.2, 0.25) is 0 Å². The number of halogens is 1. The lowest BCUT2D eigenvalue weighted by atomic mass is 10.0. The van der Waals surface area contributed by atoms with Crippen LogP contribution in [0, 0.1) is 0 Å². The van der Waals surface area contributed by atoms with Crippen molar-refractivity contribution >= 4 is 28.6 Å². The molecular formula is C22H22ClN3. The van der Waals surface area contributed by atoms with Crippen molar-refractivity contribution in [3.8, 4) is 0 Å². The minimum Gasteiger partial charge on any atom is -0.295 e. The van der Waals surface area contributed by atoms with Gasteiger partial charge in [-0.15, -0.1) is 0 Å². The van der Waals surface area contributed by atoms with Crippen LogP contribution in [-0.4, -0.2) is 42.3 Å². The third kappa shape index (κ3) is 4.06. The number of hydrogen-bond acceptors (Lipinski definition) is 3. The first-order valence-electron chi connectivity index (χ1n) is 9.01. The maximum Gasteiger partial charge on any atom is 0.0542 e. The molecule has 3 nitrogen and oxygen atoms in total. The van der Waals surface area contributed by atoms with E-state index in [9.17, 15) is 0 Å². The molecule has 1 aliphatic heterocycles. The van der Waals surface area contributed by atoms with E-state index in [-0.39, 0.29) is 0 Å². The maximum absolute atomic E-state index is 5.92. The number of hydrazone groups is 1. The van der Waals surface area contributed by atoms with E-state index in [0.717, 1.165) is 43.3 Å². The van der Waals surface area contributed by atoms with Gasteiger partial charge in [0.15, 0.2) is 0 Å². The van der Waals surface area contributed by atoms with Crippen molar-refractivity contribution in [2.24, 2.45) is 5.10 Å². The Balaban J connectivity index is 1.35. The molecule has 1 heterocycles. The van der Waals surface area contributed by atoms with Crippen LogP contribution in [0.2, 0.25) is 5.02 Å². The minimum absolute atomic E-state index is 0.754. The summed E-state index contributed by atoms with van der Waals surface area (Å²) in [6, 6.07) is 23.0. The molecule has 0 unspecified atom stereocenters. The van der Waals surface area contributed by atoms with Gasteiger partial charge < -0.3 is 0 Å². The highest BCUT2D eigenvalue weighted by Crippen LogP contribution is 2.20. The van der Waals surface area contributed by atoms with Crippen LogP contribution in [0.4, 0.5) is 0 Å². The quantitative estimate of drug-likeness (QED) is 0.628. The van der Waals surface area contributed by atoms with Gasteiger partial charge in [-0.3, -0.25) is 9.91 Å². The average Bonchev–Trinajstić information content (AvgIpc) is 2.69. The molecule has 1 saturated heterocycles. The van der Waals surface area contributed by atoms with Gasteiger partial charge in [-0.05, 0) is 34.0 Å². The number of benzene rings is 3. The third-order valence-corrected chi connectivity index (χ3v) is 5.11. The van der Waals surface area contributed by atoms with Crippen LogP contribution in [0.3, 0.4) is 0 Å². The maximum atomic E-state index is 5.92. The fourth-order valence-electron chi connectivity index (χ4n) is 3.38. The highest BCUT2D eigenvalue weighted by Gasteiger charge is 2.16. The summed E-state index contributed by atoms with van der Waals surface area (Å²) >= 11 is 5.92. The van der Waals surface area contributed by atoms with E-state index < -0.39 is 0 Å². The first-order valence-corrected chi connectivity index (χ1v) is 9.39. The molecule has 3 aromatic rings. The Morgan fingerprint density at radius 1 is 0.846 bits per heavy atom. The fraction of sp³-hybridized carbons (Fsp3) is 0.227. The Morgan fingerprint density at radius 3 is 2.38 bits per heavy atom. The molecule has 0 aliphatic carbocycles. The highest BCUT2D eigenvalue weighted by molar-refractivity contribution is 6.30. The summed E-state index contributed by atoms with van der Waals surface area (Å²) in [5, 5.41) is 10.2. The normalized spacial score (nSPS) is 15.8. The summed E-state index contributed by atoms with van der Waals surface area (Å²) in [7, 11) is 0. The third-order valence-electron chi connectivity index (χ3n) is 4.86. The van der Waals surface area contributed by atoms with Crippen LogP contribution in [0.5, 0.6) is 0 Å². The molecule has 26 heavy (non-hydrogen) atoms. The van der Waals surface area contributed by atoms with Gasteiger partial charge in [-0.2, -0.15) is 5.10 Å². The topological polar surface area (TPSA) is 18.8 Å². The second-order valence-electron chi connectivity index (χ2n) is 6.66. The number of rotatable bonds is 4. The molecule has 0 radical (unpaired) electrons. The van der Waals surface area contributed by atoms with Crippen LogP contribution < -0.4 is 0 Å². The zero-order valence-corrected chi connectivity index (χ0v) is 15.4. The fourth-order valence-corrected chi connectivity index (χ4v) is 3.51. The number of fused-ring (bicyclic) bond motifs is 1. The molecule has 0 amide bonds. The van der Waals surface area contributed by atoms with Crippen LogP contribution in [0.15, 0.2) is 71.8 Å². The Bertz CT molecular complexity index is 891. The number of piperazine rings is 1. The summed E-state index contributed by atoms with van der Waals surface area (Å²) in [4.78, 5) is 2.51. The monoisotopic (exact) mass is 363 g/mol. The van der Waals surface area contributed by atoms with E-state index in [2.05, 4.69) is 57.5 Å². The Morgan fingerprint density at radius 2 is 1.58 bits per heavy atom. The molecule has 4 rings (SSSR count). The van der Waals surface area contributed by atoms with Gasteiger partial charge in [-0.25, -0.2) is 0 Å². The van der Waals surface area contributed by atoms with Gasteiger partial charge in [0, 0.05) is 37.7 Å². The van der Waals surface area contributed by atoms with Gasteiger partial charge in [-0.1, -0.05) is 66.2 Å². The Hall–Kier alpha value is -2.36. The Labute approximate surface area is 159 Å². The first-order chi connectivity index (χ1) is 12.8. The minimum atomic E-state index is 0.754. The van der Waals surface area contributed by atoms with Gasteiger partial charge in [0.25, 0.3) is 0 Å². The molecule has 4 heteroatoms. The summed E-state index contributed by atoms with van der Waals surface area (Å²) in [6.07, 6.45) is 1.91. The molecule has 0 atom stereocenters. The molecule has 1 aliphatic rings. The summed E-state index contributed by atoms with van der Waals surface area (Å²) in [5.41, 5.74) is 2.48. The molecule has 1 fully saturated rings. The van der Waals surface area contributed by atoms with Gasteiger partial charge >= 0.3 is 0 Å². The predicted octanol–water partition coefficient (Wildman–Crippen LogP) is 4.64. The predicted molar refractivity (Wildman–Crippen MR) is 110 cm³/mol. The van der Waals surface area contributed by atoms with Crippen molar-refractivity contribution in [2.45, 2.75) is 6.54 Å². The van der Waals surface area contributed by atoms with Crippen molar-refractivity contribution < 1.29 is 0 Å². The van der Waals surface area contributed by atoms with E-state index in [1.807, 2.05) is 30.5 Å². The standard InChI is InChI=1S/C22H22ClN3/c23-21-10-8-18(9-11-21)16-24-26-14-12-25(13-15-26)17-20-6-3-5-19-4-1-2-7-22(19)20/h1-11,16H,12-15,17H2. The molecule has 3 aromatic carbocycles. The lowest BCUT2D eigenvalue weighted by molar-refractivity contribution is 0.131. The summed E-state index contributed by atoms with van der Waals surface area (Å²) < 4.78 is 0. The van der Waals surface area contributed by atoms with Crippen molar-refractivity contribution in [3.63, 3.8) is 0 Å². The second-order valence-corrected chi connectivity index (χ2v) is 7.10. The van der Waals surface area contributed by atoms with Crippen LogP contribution in [0.1, 0.15) is 11.1 Å². The van der Waals surface area contributed by atoms with Crippen LogP contribution >= 0.6 is 11.6 Å². The second kappa shape index (κ2) is 7.90. The average molecular weight is 364 g/mol. The zero-order chi connectivity index (χ0) is 17.8. The summed E-state index contributed by atoms with van der Waals surface area (Å²) in [5.74, 6) is 0. The van der Waals surface area contributed by atoms with E-state index in [4.69, 9.17) is 11.6 Å². The number of nitrogens with zero attached hydrogens (tertiary/aromatic N) is 3. The van der Waals surface area contributed by atoms with Crippen molar-refractivity contribution in [3.05, 3.63) is 82.9 Å². The van der Waals surface area contributed by atoms with Crippen molar-refractivity contribution in [1.29, 1.82) is 0 Å². The van der Waals surface area contributed by atoms with Crippen LogP contribution in [-0.2, 0) is 6.54 Å². The van der Waals surface area contributed by atoms with E-state index in [1.54, 1.807) is 0 Å².